The number of amides is 1. The lowest BCUT2D eigenvalue weighted by Crippen LogP contribution is -2.42. The van der Waals surface area contributed by atoms with Gasteiger partial charge in [0.15, 0.2) is 6.10 Å². The number of carboxylic acids is 1. The van der Waals surface area contributed by atoms with Crippen molar-refractivity contribution < 1.29 is 37.7 Å². The van der Waals surface area contributed by atoms with E-state index in [1.54, 1.807) is 20.8 Å². The molecule has 9 heteroatoms. The Labute approximate surface area is 136 Å². The van der Waals surface area contributed by atoms with Gasteiger partial charge in [0.25, 0.3) is 0 Å². The molecule has 1 aromatic carbocycles. The van der Waals surface area contributed by atoms with Crippen molar-refractivity contribution in [3.05, 3.63) is 35.4 Å². The third-order valence-corrected chi connectivity index (χ3v) is 2.84. The van der Waals surface area contributed by atoms with Crippen molar-refractivity contribution in [1.29, 1.82) is 0 Å². The molecule has 0 aliphatic rings. The molecule has 134 valence electrons. The van der Waals surface area contributed by atoms with Crippen LogP contribution in [0.3, 0.4) is 0 Å². The van der Waals surface area contributed by atoms with E-state index >= 15 is 0 Å². The number of nitrogens with one attached hydrogen (secondary N) is 1. The lowest BCUT2D eigenvalue weighted by molar-refractivity contribution is -0.148. The zero-order valence-corrected chi connectivity index (χ0v) is 13.2. The van der Waals surface area contributed by atoms with E-state index in [2.05, 4.69) is 5.32 Å². The Morgan fingerprint density at radius 1 is 1.12 bits per heavy atom. The summed E-state index contributed by atoms with van der Waals surface area (Å²) in [6.45, 7) is 4.73. The lowest BCUT2D eigenvalue weighted by atomic mass is 10.00. The molecule has 0 spiro atoms. The first-order chi connectivity index (χ1) is 10.8. The number of halogens is 3. The summed E-state index contributed by atoms with van der Waals surface area (Å²) in [7, 11) is 0. The summed E-state index contributed by atoms with van der Waals surface area (Å²) in [5.41, 5.74) is -1.82. The van der Waals surface area contributed by atoms with E-state index in [1.807, 2.05) is 0 Å². The highest BCUT2D eigenvalue weighted by molar-refractivity contribution is 5.75. The van der Waals surface area contributed by atoms with Crippen LogP contribution >= 0.6 is 0 Å². The van der Waals surface area contributed by atoms with Gasteiger partial charge in [0, 0.05) is 0 Å². The first-order valence-corrected chi connectivity index (χ1v) is 6.89. The number of alkyl halides is 3. The molecule has 0 saturated heterocycles. The Bertz CT molecular complexity index is 593. The van der Waals surface area contributed by atoms with Gasteiger partial charge in [-0.2, -0.15) is 13.2 Å². The second kappa shape index (κ2) is 7.08. The molecule has 2 atom stereocenters. The minimum Gasteiger partial charge on any atom is -0.479 e. The molecule has 0 aromatic heterocycles. The van der Waals surface area contributed by atoms with Crippen molar-refractivity contribution in [3.8, 4) is 0 Å². The molecule has 0 aliphatic heterocycles. The Balaban J connectivity index is 3.06. The van der Waals surface area contributed by atoms with Crippen LogP contribution in [0.15, 0.2) is 24.3 Å². The molecule has 1 amide bonds. The molecule has 24 heavy (non-hydrogen) atoms. The summed E-state index contributed by atoms with van der Waals surface area (Å²) >= 11 is 0. The second-order valence-corrected chi connectivity index (χ2v) is 6.03. The number of hydrogen-bond donors (Lipinski definition) is 3. The maximum Gasteiger partial charge on any atom is 0.416 e. The highest BCUT2D eigenvalue weighted by atomic mass is 19.4. The van der Waals surface area contributed by atoms with E-state index in [0.29, 0.717) is 0 Å². The van der Waals surface area contributed by atoms with Crippen LogP contribution in [0.2, 0.25) is 0 Å². The van der Waals surface area contributed by atoms with Gasteiger partial charge in [-0.1, -0.05) is 12.1 Å². The smallest absolute Gasteiger partial charge is 0.416 e. The zero-order valence-electron chi connectivity index (χ0n) is 13.2. The maximum absolute atomic E-state index is 12.6. The van der Waals surface area contributed by atoms with Gasteiger partial charge in [-0.05, 0) is 38.5 Å². The number of carbonyl (C=O) groups is 2. The molecule has 0 radical (unpaired) electrons. The van der Waals surface area contributed by atoms with Crippen molar-refractivity contribution in [2.45, 2.75) is 44.7 Å². The third kappa shape index (κ3) is 5.73. The van der Waals surface area contributed by atoms with E-state index in [4.69, 9.17) is 9.84 Å². The predicted octanol–water partition coefficient (Wildman–Crippen LogP) is 2.72. The number of benzene rings is 1. The van der Waals surface area contributed by atoms with Crippen LogP contribution in [-0.2, 0) is 15.7 Å². The summed E-state index contributed by atoms with van der Waals surface area (Å²) < 4.78 is 42.7. The Kier molecular flexibility index (Phi) is 5.83. The predicted molar refractivity (Wildman–Crippen MR) is 77.2 cm³/mol. The SMILES string of the molecule is CC(C)(C)OC(=O)NC(c1ccc(C(F)(F)F)cc1)C(O)C(=O)O. The standard InChI is InChI=1S/C15H18F3NO5/c1-14(2,3)24-13(23)19-10(11(20)12(21)22)8-4-6-9(7-5-8)15(16,17)18/h4-7,10-11,20H,1-3H3,(H,19,23)(H,21,22). The summed E-state index contributed by atoms with van der Waals surface area (Å²) in [6, 6.07) is 1.95. The van der Waals surface area contributed by atoms with E-state index in [-0.39, 0.29) is 5.56 Å². The van der Waals surface area contributed by atoms with Gasteiger partial charge in [0.1, 0.15) is 5.60 Å². The fourth-order valence-corrected chi connectivity index (χ4v) is 1.80. The number of carbonyl (C=O) groups excluding carboxylic acids is 1. The molecule has 0 saturated carbocycles. The number of carboxylic acid groups (broad SMARTS) is 1. The molecule has 0 bridgehead atoms. The average Bonchev–Trinajstić information content (AvgIpc) is 2.41. The highest BCUT2D eigenvalue weighted by Gasteiger charge is 2.33. The van der Waals surface area contributed by atoms with E-state index in [0.717, 1.165) is 24.3 Å². The number of aliphatic hydroxyl groups is 1. The normalized spacial score (nSPS) is 14.6. The molecule has 0 heterocycles. The largest absolute Gasteiger partial charge is 0.479 e. The first kappa shape index (κ1) is 19.8. The molecule has 3 N–H and O–H groups in total. The van der Waals surface area contributed by atoms with Crippen LogP contribution in [-0.4, -0.2) is 34.0 Å². The molecular weight excluding hydrogens is 331 g/mol. The minimum atomic E-state index is -4.56. The summed E-state index contributed by atoms with van der Waals surface area (Å²) in [6.07, 6.45) is -7.63. The lowest BCUT2D eigenvalue weighted by Gasteiger charge is -2.25. The van der Waals surface area contributed by atoms with Crippen molar-refractivity contribution in [2.24, 2.45) is 0 Å². The quantitative estimate of drug-likeness (QED) is 0.777. The molecular formula is C15H18F3NO5. The van der Waals surface area contributed by atoms with E-state index < -0.39 is 41.5 Å². The Hall–Kier alpha value is -2.29. The van der Waals surface area contributed by atoms with Gasteiger partial charge < -0.3 is 20.3 Å². The van der Waals surface area contributed by atoms with Crippen LogP contribution in [0, 0.1) is 0 Å². The third-order valence-electron chi connectivity index (χ3n) is 2.84. The summed E-state index contributed by atoms with van der Waals surface area (Å²) in [5, 5.41) is 20.8. The van der Waals surface area contributed by atoms with E-state index in [9.17, 15) is 27.9 Å². The monoisotopic (exact) mass is 349 g/mol. The maximum atomic E-state index is 12.6. The number of hydrogen-bond acceptors (Lipinski definition) is 4. The van der Waals surface area contributed by atoms with Crippen LogP contribution in [0.4, 0.5) is 18.0 Å². The fraction of sp³-hybridized carbons (Fsp3) is 0.467. The Morgan fingerprint density at radius 3 is 2.00 bits per heavy atom. The van der Waals surface area contributed by atoms with Crippen LogP contribution < -0.4 is 5.32 Å². The van der Waals surface area contributed by atoms with Gasteiger partial charge in [0.05, 0.1) is 11.6 Å². The molecule has 1 rings (SSSR count). The first-order valence-electron chi connectivity index (χ1n) is 6.89. The molecule has 0 fully saturated rings. The van der Waals surface area contributed by atoms with Crippen molar-refractivity contribution >= 4 is 12.1 Å². The van der Waals surface area contributed by atoms with Crippen molar-refractivity contribution in [3.63, 3.8) is 0 Å². The molecule has 6 nitrogen and oxygen atoms in total. The van der Waals surface area contributed by atoms with Gasteiger partial charge in [-0.15, -0.1) is 0 Å². The molecule has 0 aliphatic carbocycles. The molecule has 2 unspecified atom stereocenters. The highest BCUT2D eigenvalue weighted by Crippen LogP contribution is 2.30. The molecule has 1 aromatic rings. The Morgan fingerprint density at radius 2 is 1.62 bits per heavy atom. The van der Waals surface area contributed by atoms with Gasteiger partial charge in [-0.25, -0.2) is 9.59 Å². The van der Waals surface area contributed by atoms with Gasteiger partial charge in [-0.3, -0.25) is 0 Å². The number of aliphatic carboxylic acids is 1. The summed E-state index contributed by atoms with van der Waals surface area (Å²) in [4.78, 5) is 22.8. The van der Waals surface area contributed by atoms with Crippen LogP contribution in [0.5, 0.6) is 0 Å². The number of ether oxygens (including phenoxy) is 1. The van der Waals surface area contributed by atoms with E-state index in [1.165, 1.54) is 0 Å². The van der Waals surface area contributed by atoms with Crippen molar-refractivity contribution in [2.75, 3.05) is 0 Å². The number of rotatable bonds is 4. The van der Waals surface area contributed by atoms with Crippen LogP contribution in [0.1, 0.15) is 37.9 Å². The number of alkyl carbamates (subject to hydrolysis) is 1. The van der Waals surface area contributed by atoms with Crippen LogP contribution in [0.25, 0.3) is 0 Å². The minimum absolute atomic E-state index is 0.0104. The van der Waals surface area contributed by atoms with Gasteiger partial charge >= 0.3 is 18.2 Å². The fourth-order valence-electron chi connectivity index (χ4n) is 1.80. The summed E-state index contributed by atoms with van der Waals surface area (Å²) in [5.74, 6) is -1.64. The number of aliphatic hydroxyl groups excluding tert-OH is 1. The second-order valence-electron chi connectivity index (χ2n) is 6.03. The van der Waals surface area contributed by atoms with Crippen molar-refractivity contribution in [1.82, 2.24) is 5.32 Å². The van der Waals surface area contributed by atoms with Gasteiger partial charge in [0.2, 0.25) is 0 Å². The average molecular weight is 349 g/mol. The topological polar surface area (TPSA) is 95.9 Å². The zero-order chi connectivity index (χ0) is 18.7.